The number of rotatable bonds is 9. The van der Waals surface area contributed by atoms with Gasteiger partial charge in [-0.25, -0.2) is 14.6 Å². The monoisotopic (exact) mass is 616 g/mol. The molecule has 0 aliphatic carbocycles. The molecule has 1 saturated heterocycles. The molecule has 2 aliphatic heterocycles. The Morgan fingerprint density at radius 1 is 1.09 bits per heavy atom. The van der Waals surface area contributed by atoms with E-state index in [1.165, 1.54) is 38.4 Å². The van der Waals surface area contributed by atoms with Crippen LogP contribution < -0.4 is 19.5 Å². The largest absolute Gasteiger partial charge is 0.503 e. The summed E-state index contributed by atoms with van der Waals surface area (Å²) < 4.78 is 37.3. The van der Waals surface area contributed by atoms with Crippen molar-refractivity contribution in [3.63, 3.8) is 0 Å². The first-order chi connectivity index (χ1) is 21.0. The summed E-state index contributed by atoms with van der Waals surface area (Å²) in [5, 5.41) is 12.6. The van der Waals surface area contributed by atoms with Gasteiger partial charge in [-0.3, -0.25) is 14.4 Å². The molecule has 15 nitrogen and oxygen atoms in total. The summed E-state index contributed by atoms with van der Waals surface area (Å²) in [4.78, 5) is 68.3. The molecule has 2 aromatic rings. The number of hydrogen-bond donors (Lipinski definition) is 2. The minimum Gasteiger partial charge on any atom is -0.503 e. The third kappa shape index (κ3) is 7.27. The number of pyridine rings is 1. The van der Waals surface area contributed by atoms with Crippen LogP contribution in [-0.2, 0) is 33.3 Å². The summed E-state index contributed by atoms with van der Waals surface area (Å²) in [5.74, 6) is -5.76. The Hall–Kier alpha value is -5.08. The van der Waals surface area contributed by atoms with Crippen LogP contribution in [0.15, 0.2) is 30.5 Å². The third-order valence-electron chi connectivity index (χ3n) is 6.76. The van der Waals surface area contributed by atoms with Crippen molar-refractivity contribution in [1.82, 2.24) is 10.3 Å². The fourth-order valence-electron chi connectivity index (χ4n) is 4.34. The minimum atomic E-state index is -1.51. The Kier molecular flexibility index (Phi) is 10.1. The van der Waals surface area contributed by atoms with Crippen LogP contribution in [0.5, 0.6) is 23.0 Å². The Morgan fingerprint density at radius 2 is 1.84 bits per heavy atom. The molecule has 44 heavy (non-hydrogen) atoms. The smallest absolute Gasteiger partial charge is 0.338 e. The lowest BCUT2D eigenvalue weighted by atomic mass is 9.94. The summed E-state index contributed by atoms with van der Waals surface area (Å²) in [6.07, 6.45) is -1.45. The predicted octanol–water partition coefficient (Wildman–Crippen LogP) is 1.54. The van der Waals surface area contributed by atoms with Gasteiger partial charge in [0, 0.05) is 12.3 Å². The number of esters is 4. The molecule has 15 heteroatoms. The fourth-order valence-corrected chi connectivity index (χ4v) is 4.34. The van der Waals surface area contributed by atoms with Gasteiger partial charge in [0.15, 0.2) is 40.8 Å². The van der Waals surface area contributed by atoms with Crippen molar-refractivity contribution in [2.24, 2.45) is 11.8 Å². The molecule has 0 unspecified atom stereocenters. The van der Waals surface area contributed by atoms with Crippen molar-refractivity contribution in [2.45, 2.75) is 45.4 Å². The first-order valence-corrected chi connectivity index (χ1v) is 13.7. The molecule has 0 saturated carbocycles. The molecule has 0 radical (unpaired) electrons. The summed E-state index contributed by atoms with van der Waals surface area (Å²) in [5.41, 5.74) is -0.256. The molecular weight excluding hydrogens is 584 g/mol. The summed E-state index contributed by atoms with van der Waals surface area (Å²) in [6.45, 7) is 3.67. The van der Waals surface area contributed by atoms with Gasteiger partial charge in [0.1, 0.15) is 18.6 Å². The van der Waals surface area contributed by atoms with E-state index in [2.05, 4.69) is 10.3 Å². The molecular formula is C29H32N2O13. The number of hydrogen-bond acceptors (Lipinski definition) is 14. The summed E-state index contributed by atoms with van der Waals surface area (Å²) in [6, 6.07) is 4.34. The summed E-state index contributed by atoms with van der Waals surface area (Å²) >= 11 is 0. The highest BCUT2D eigenvalue weighted by molar-refractivity contribution is 5.98. The highest BCUT2D eigenvalue weighted by Crippen LogP contribution is 2.33. The van der Waals surface area contributed by atoms with Gasteiger partial charge in [-0.2, -0.15) is 0 Å². The van der Waals surface area contributed by atoms with Crippen molar-refractivity contribution in [3.8, 4) is 23.0 Å². The van der Waals surface area contributed by atoms with Crippen molar-refractivity contribution >= 4 is 29.8 Å². The Bertz CT molecular complexity index is 1430. The van der Waals surface area contributed by atoms with Gasteiger partial charge in [0.2, 0.25) is 6.79 Å². The minimum absolute atomic E-state index is 0.0286. The molecule has 0 bridgehead atoms. The Labute approximate surface area is 251 Å². The van der Waals surface area contributed by atoms with E-state index < -0.39 is 77.9 Å². The lowest BCUT2D eigenvalue weighted by Crippen LogP contribution is -2.46. The van der Waals surface area contributed by atoms with Crippen LogP contribution in [0, 0.1) is 11.8 Å². The molecule has 4 rings (SSSR count). The van der Waals surface area contributed by atoms with E-state index in [1.54, 1.807) is 19.9 Å². The third-order valence-corrected chi connectivity index (χ3v) is 6.76. The standard InChI is InChI=1S/C29H32N2O13/c1-14(2)26(34)44-24-15(3)43-29(37)18(31-25(33)22-23(32)20(38-4)7-9-30-22)12-40-28(36)17(24)8-10-39-27(35)16-5-6-19-21(11-16)42-13-41-19/h5-7,9,11,14-15,17-18,24,32H,8,10,12-13H2,1-4H3,(H,31,33)/t15-,17+,18-,24-/m0/s1. The van der Waals surface area contributed by atoms with Crippen molar-refractivity contribution < 1.29 is 62.2 Å². The number of fused-ring (bicyclic) bond motifs is 1. The molecule has 2 N–H and O–H groups in total. The highest BCUT2D eigenvalue weighted by Gasteiger charge is 2.42. The van der Waals surface area contributed by atoms with Gasteiger partial charge < -0.3 is 43.6 Å². The lowest BCUT2D eigenvalue weighted by molar-refractivity contribution is -0.177. The number of aromatic hydroxyl groups is 1. The average Bonchev–Trinajstić information content (AvgIpc) is 3.48. The number of methoxy groups -OCH3 is 1. The summed E-state index contributed by atoms with van der Waals surface area (Å²) in [7, 11) is 1.28. The second kappa shape index (κ2) is 13.9. The molecule has 3 heterocycles. The molecule has 2 aliphatic rings. The van der Waals surface area contributed by atoms with E-state index in [-0.39, 0.29) is 31.1 Å². The van der Waals surface area contributed by atoms with Gasteiger partial charge in [0.05, 0.1) is 25.2 Å². The van der Waals surface area contributed by atoms with E-state index in [1.807, 2.05) is 0 Å². The second-order valence-corrected chi connectivity index (χ2v) is 10.2. The number of amides is 1. The fraction of sp³-hybridized carbons (Fsp3) is 0.448. The van der Waals surface area contributed by atoms with Crippen LogP contribution in [0.4, 0.5) is 0 Å². The average molecular weight is 617 g/mol. The predicted molar refractivity (Wildman–Crippen MR) is 146 cm³/mol. The van der Waals surface area contributed by atoms with E-state index >= 15 is 0 Å². The van der Waals surface area contributed by atoms with E-state index in [9.17, 15) is 29.1 Å². The maximum Gasteiger partial charge on any atom is 0.338 e. The molecule has 1 fully saturated rings. The highest BCUT2D eigenvalue weighted by atomic mass is 16.7. The topological polar surface area (TPSA) is 195 Å². The quantitative estimate of drug-likeness (QED) is 0.304. The maximum absolute atomic E-state index is 13.3. The first kappa shape index (κ1) is 31.8. The number of benzene rings is 1. The Balaban J connectivity index is 1.49. The SMILES string of the molecule is COc1ccnc(C(=O)N[C@H]2COC(=O)[C@H](CCOC(=O)c3ccc4c(c3)OCO4)[C@@H](OC(=O)C(C)C)[C@H](C)OC2=O)c1O. The van der Waals surface area contributed by atoms with Crippen molar-refractivity contribution in [1.29, 1.82) is 0 Å². The van der Waals surface area contributed by atoms with Gasteiger partial charge in [-0.05, 0) is 31.5 Å². The van der Waals surface area contributed by atoms with Gasteiger partial charge >= 0.3 is 23.9 Å². The maximum atomic E-state index is 13.3. The van der Waals surface area contributed by atoms with Crippen molar-refractivity contribution in [3.05, 3.63) is 41.7 Å². The number of nitrogens with one attached hydrogen (secondary N) is 1. The zero-order valence-corrected chi connectivity index (χ0v) is 24.4. The van der Waals surface area contributed by atoms with E-state index in [0.717, 1.165) is 0 Å². The van der Waals surface area contributed by atoms with Crippen molar-refractivity contribution in [2.75, 3.05) is 27.1 Å². The van der Waals surface area contributed by atoms with Crippen LogP contribution >= 0.6 is 0 Å². The number of cyclic esters (lactones) is 2. The van der Waals surface area contributed by atoms with Crippen LogP contribution in [0.2, 0.25) is 0 Å². The van der Waals surface area contributed by atoms with Crippen LogP contribution in [0.25, 0.3) is 0 Å². The molecule has 1 aromatic carbocycles. The van der Waals surface area contributed by atoms with Crippen LogP contribution in [0.3, 0.4) is 0 Å². The van der Waals surface area contributed by atoms with Crippen LogP contribution in [-0.4, -0.2) is 85.2 Å². The van der Waals surface area contributed by atoms with Gasteiger partial charge in [0.25, 0.3) is 5.91 Å². The molecule has 1 aromatic heterocycles. The number of carbonyl (C=O) groups excluding carboxylic acids is 5. The first-order valence-electron chi connectivity index (χ1n) is 13.7. The molecule has 4 atom stereocenters. The lowest BCUT2D eigenvalue weighted by Gasteiger charge is -2.29. The van der Waals surface area contributed by atoms with Gasteiger partial charge in [-0.1, -0.05) is 13.8 Å². The van der Waals surface area contributed by atoms with E-state index in [4.69, 9.17) is 33.2 Å². The van der Waals surface area contributed by atoms with Gasteiger partial charge in [-0.15, -0.1) is 0 Å². The Morgan fingerprint density at radius 3 is 2.57 bits per heavy atom. The number of aromatic nitrogens is 1. The normalized spacial score (nSPS) is 21.2. The molecule has 236 valence electrons. The second-order valence-electron chi connectivity index (χ2n) is 10.2. The zero-order valence-electron chi connectivity index (χ0n) is 24.4. The van der Waals surface area contributed by atoms with Crippen LogP contribution in [0.1, 0.15) is 48.0 Å². The number of ether oxygens (including phenoxy) is 7. The molecule has 1 amide bonds. The zero-order chi connectivity index (χ0) is 32.0. The van der Waals surface area contributed by atoms with E-state index in [0.29, 0.717) is 11.5 Å². The number of nitrogens with zero attached hydrogens (tertiary/aromatic N) is 1. The number of carbonyl (C=O) groups is 5. The molecule has 0 spiro atoms.